The Hall–Kier alpha value is -2.78. The molecule has 3 rings (SSSR count). The van der Waals surface area contributed by atoms with Crippen molar-refractivity contribution in [1.29, 1.82) is 0 Å². The van der Waals surface area contributed by atoms with Gasteiger partial charge in [-0.3, -0.25) is 20.2 Å². The van der Waals surface area contributed by atoms with Crippen LogP contribution in [0.5, 0.6) is 0 Å². The minimum Gasteiger partial charge on any atom is -0.385 e. The highest BCUT2D eigenvalue weighted by Gasteiger charge is 2.33. The Morgan fingerprint density at radius 1 is 0.833 bits per heavy atom. The maximum absolute atomic E-state index is 10.8. The molecule has 0 spiro atoms. The van der Waals surface area contributed by atoms with Gasteiger partial charge in [-0.15, -0.1) is 0 Å². The largest absolute Gasteiger partial charge is 0.456 e. The van der Waals surface area contributed by atoms with Gasteiger partial charge in [-0.1, -0.05) is 0 Å². The van der Waals surface area contributed by atoms with Gasteiger partial charge in [0.1, 0.15) is 9.85 Å². The minimum atomic E-state index is -0.577. The Bertz CT molecular complexity index is 721. The van der Waals surface area contributed by atoms with Crippen LogP contribution in [0.1, 0.15) is 60.7 Å². The normalized spacial score (nSPS) is 20.9. The van der Waals surface area contributed by atoms with Crippen LogP contribution in [0, 0.1) is 34.1 Å². The molecule has 0 aromatic carbocycles. The standard InChI is InChI=1S/C14H16N4O6/c1-7-13(17(19)20)23-11(15-7)9-3-5-10(6-4-9)12-16-8(2)14(24-12)18(21)22/h9-10H,3-6H2,1-2H3. The second-order valence-corrected chi connectivity index (χ2v) is 5.95. The van der Waals surface area contributed by atoms with E-state index in [0.29, 0.717) is 37.5 Å². The van der Waals surface area contributed by atoms with Crippen molar-refractivity contribution in [3.8, 4) is 0 Å². The third kappa shape index (κ3) is 2.86. The van der Waals surface area contributed by atoms with Crippen LogP contribution in [0.3, 0.4) is 0 Å². The minimum absolute atomic E-state index is 0.000282. The zero-order valence-corrected chi connectivity index (χ0v) is 13.2. The lowest BCUT2D eigenvalue weighted by Crippen LogP contribution is -2.12. The predicted molar refractivity (Wildman–Crippen MR) is 79.7 cm³/mol. The molecule has 10 nitrogen and oxygen atoms in total. The van der Waals surface area contributed by atoms with Crippen LogP contribution < -0.4 is 0 Å². The highest BCUT2D eigenvalue weighted by atomic mass is 16.7. The van der Waals surface area contributed by atoms with Gasteiger partial charge >= 0.3 is 11.8 Å². The number of rotatable bonds is 4. The maximum atomic E-state index is 10.8. The second kappa shape index (κ2) is 6.02. The Morgan fingerprint density at radius 2 is 1.17 bits per heavy atom. The van der Waals surface area contributed by atoms with Gasteiger partial charge in [0.15, 0.2) is 11.4 Å². The van der Waals surface area contributed by atoms with E-state index in [1.54, 1.807) is 13.8 Å². The van der Waals surface area contributed by atoms with E-state index in [1.807, 2.05) is 0 Å². The van der Waals surface area contributed by atoms with Gasteiger partial charge in [-0.2, -0.15) is 0 Å². The Morgan fingerprint density at radius 3 is 1.42 bits per heavy atom. The van der Waals surface area contributed by atoms with Crippen molar-refractivity contribution in [2.24, 2.45) is 0 Å². The molecule has 0 amide bonds. The molecular weight excluding hydrogens is 320 g/mol. The third-order valence-corrected chi connectivity index (χ3v) is 4.33. The average Bonchev–Trinajstić information content (AvgIpc) is 3.11. The average molecular weight is 336 g/mol. The fraction of sp³-hybridized carbons (Fsp3) is 0.571. The van der Waals surface area contributed by atoms with E-state index in [2.05, 4.69) is 9.97 Å². The molecule has 0 aliphatic heterocycles. The van der Waals surface area contributed by atoms with Crippen LogP contribution in [0.2, 0.25) is 0 Å². The summed E-state index contributed by atoms with van der Waals surface area (Å²) in [4.78, 5) is 28.8. The summed E-state index contributed by atoms with van der Waals surface area (Å²) in [6.45, 7) is 3.09. The molecule has 1 saturated carbocycles. The van der Waals surface area contributed by atoms with Crippen LogP contribution in [0.15, 0.2) is 8.83 Å². The van der Waals surface area contributed by atoms with Crippen LogP contribution >= 0.6 is 0 Å². The molecule has 0 unspecified atom stereocenters. The maximum Gasteiger partial charge on any atom is 0.456 e. The van der Waals surface area contributed by atoms with Crippen molar-refractivity contribution >= 4 is 11.8 Å². The molecule has 2 aromatic heterocycles. The van der Waals surface area contributed by atoms with Crippen molar-refractivity contribution in [1.82, 2.24) is 9.97 Å². The highest BCUT2D eigenvalue weighted by Crippen LogP contribution is 2.41. The monoisotopic (exact) mass is 336 g/mol. The van der Waals surface area contributed by atoms with E-state index in [9.17, 15) is 20.2 Å². The summed E-state index contributed by atoms with van der Waals surface area (Å²) in [5.41, 5.74) is 0.548. The van der Waals surface area contributed by atoms with E-state index in [-0.39, 0.29) is 35.0 Å². The fourth-order valence-electron chi connectivity index (χ4n) is 3.09. The molecule has 128 valence electrons. The first-order valence-electron chi connectivity index (χ1n) is 7.60. The number of hydrogen-bond donors (Lipinski definition) is 0. The lowest BCUT2D eigenvalue weighted by Gasteiger charge is -2.24. The molecule has 0 atom stereocenters. The Kier molecular flexibility index (Phi) is 4.04. The molecule has 2 heterocycles. The first-order chi connectivity index (χ1) is 11.4. The highest BCUT2D eigenvalue weighted by molar-refractivity contribution is 5.24. The number of aromatic nitrogens is 2. The van der Waals surface area contributed by atoms with Crippen molar-refractivity contribution in [2.75, 3.05) is 0 Å². The molecule has 0 N–H and O–H groups in total. The van der Waals surface area contributed by atoms with E-state index >= 15 is 0 Å². The zero-order valence-electron chi connectivity index (χ0n) is 13.2. The number of nitro groups is 2. The first kappa shape index (κ1) is 16.1. The van der Waals surface area contributed by atoms with Crippen LogP contribution in [0.4, 0.5) is 11.8 Å². The molecule has 10 heteroatoms. The lowest BCUT2D eigenvalue weighted by atomic mass is 9.82. The van der Waals surface area contributed by atoms with Crippen molar-refractivity contribution < 1.29 is 18.7 Å². The summed E-state index contributed by atoms with van der Waals surface area (Å²) < 4.78 is 10.5. The molecule has 0 saturated heterocycles. The Labute approximate surface area is 136 Å². The molecule has 0 bridgehead atoms. The van der Waals surface area contributed by atoms with E-state index in [0.717, 1.165) is 0 Å². The van der Waals surface area contributed by atoms with E-state index < -0.39 is 9.85 Å². The molecule has 1 fully saturated rings. The van der Waals surface area contributed by atoms with Gasteiger partial charge in [-0.05, 0) is 39.5 Å². The summed E-state index contributed by atoms with van der Waals surface area (Å²) in [6.07, 6.45) is 2.82. The molecular formula is C14H16N4O6. The topological polar surface area (TPSA) is 138 Å². The van der Waals surface area contributed by atoms with Gasteiger partial charge in [0.2, 0.25) is 11.8 Å². The molecule has 0 radical (unpaired) electrons. The van der Waals surface area contributed by atoms with Crippen LogP contribution in [-0.4, -0.2) is 19.8 Å². The smallest absolute Gasteiger partial charge is 0.385 e. The number of oxazole rings is 2. The SMILES string of the molecule is Cc1nc(C2CCC(c3nc(C)c([N+](=O)[O-])o3)CC2)oc1[N+](=O)[O-]. The summed E-state index contributed by atoms with van der Waals surface area (Å²) in [6, 6.07) is 0. The summed E-state index contributed by atoms with van der Waals surface area (Å²) >= 11 is 0. The Balaban J connectivity index is 1.70. The molecule has 1 aliphatic carbocycles. The summed E-state index contributed by atoms with van der Waals surface area (Å²) in [5.74, 6) is 0.135. The van der Waals surface area contributed by atoms with E-state index in [4.69, 9.17) is 8.83 Å². The van der Waals surface area contributed by atoms with Crippen molar-refractivity contribution in [2.45, 2.75) is 51.4 Å². The van der Waals surface area contributed by atoms with Gasteiger partial charge in [0, 0.05) is 11.8 Å². The van der Waals surface area contributed by atoms with Crippen LogP contribution in [-0.2, 0) is 0 Å². The first-order valence-corrected chi connectivity index (χ1v) is 7.60. The van der Waals surface area contributed by atoms with Gasteiger partial charge in [-0.25, -0.2) is 9.97 Å². The molecule has 1 aliphatic rings. The quantitative estimate of drug-likeness (QED) is 0.610. The zero-order chi connectivity index (χ0) is 17.4. The van der Waals surface area contributed by atoms with Gasteiger partial charge < -0.3 is 8.83 Å². The number of hydrogen-bond acceptors (Lipinski definition) is 8. The number of nitrogens with zero attached hydrogens (tertiary/aromatic N) is 4. The molecule has 2 aromatic rings. The van der Waals surface area contributed by atoms with Crippen LogP contribution in [0.25, 0.3) is 0 Å². The van der Waals surface area contributed by atoms with Gasteiger partial charge in [0.05, 0.1) is 0 Å². The number of aryl methyl sites for hydroxylation is 2. The second-order valence-electron chi connectivity index (χ2n) is 5.95. The molecule has 24 heavy (non-hydrogen) atoms. The van der Waals surface area contributed by atoms with Crippen molar-refractivity contribution in [3.63, 3.8) is 0 Å². The van der Waals surface area contributed by atoms with Crippen molar-refractivity contribution in [3.05, 3.63) is 43.4 Å². The van der Waals surface area contributed by atoms with Gasteiger partial charge in [0.25, 0.3) is 0 Å². The fourth-order valence-corrected chi connectivity index (χ4v) is 3.09. The summed E-state index contributed by atoms with van der Waals surface area (Å²) in [7, 11) is 0. The summed E-state index contributed by atoms with van der Waals surface area (Å²) in [5, 5.41) is 21.7. The predicted octanol–water partition coefficient (Wildman–Crippen LogP) is 3.54. The van der Waals surface area contributed by atoms with E-state index in [1.165, 1.54) is 0 Å². The lowest BCUT2D eigenvalue weighted by molar-refractivity contribution is -0.403. The third-order valence-electron chi connectivity index (χ3n) is 4.33.